The van der Waals surface area contributed by atoms with Crippen LogP contribution in [0.1, 0.15) is 130 Å². The summed E-state index contributed by atoms with van der Waals surface area (Å²) in [6.07, 6.45) is 7.70. The predicted octanol–water partition coefficient (Wildman–Crippen LogP) is 1.01. The molecule has 0 spiro atoms. The number of phosphoric ester groups is 1. The van der Waals surface area contributed by atoms with Gasteiger partial charge in [0.25, 0.3) is 0 Å². The number of nitrogens with zero attached hydrogens (tertiary/aromatic N) is 1. The third kappa shape index (κ3) is 21.0. The normalized spacial score (nSPS) is 23.9. The van der Waals surface area contributed by atoms with Crippen molar-refractivity contribution in [3.05, 3.63) is 0 Å². The molecule has 0 aromatic carbocycles. The minimum atomic E-state index is -4.40. The van der Waals surface area contributed by atoms with Gasteiger partial charge in [0.1, 0.15) is 36.4 Å². The number of ether oxygens (including phenoxy) is 2. The Labute approximate surface area is 360 Å². The number of amides is 5. The SMILES string of the molecule is CCCCCCCCCCCCCCOP(=O)(O)OCCNC(=O)[C@H](C)N(CC(C)O[C@H]1[C@H](O)[C@@H](CO)O[C@H](O)[C@@H]1NC(C)=O)C(=O)CC[C@@H](NC(=O)[C@@H]1CCCN1)C(N)=O. The molecule has 0 bridgehead atoms. The van der Waals surface area contributed by atoms with Crippen LogP contribution in [-0.2, 0) is 47.1 Å². The summed E-state index contributed by atoms with van der Waals surface area (Å²) >= 11 is 0. The van der Waals surface area contributed by atoms with E-state index in [0.717, 1.165) is 30.6 Å². The monoisotopic (exact) mass is 895 g/mol. The molecule has 0 radical (unpaired) electrons. The number of rotatable bonds is 32. The van der Waals surface area contributed by atoms with Gasteiger partial charge in [0, 0.05) is 26.4 Å². The maximum Gasteiger partial charge on any atom is 0.472 e. The summed E-state index contributed by atoms with van der Waals surface area (Å²) in [5, 5.41) is 41.8. The third-order valence-electron chi connectivity index (χ3n) is 10.8. The molecule has 0 aromatic heterocycles. The molecule has 2 heterocycles. The fraction of sp³-hybridized carbons (Fsp3) is 0.875. The van der Waals surface area contributed by atoms with Gasteiger partial charge in [0.15, 0.2) is 6.29 Å². The van der Waals surface area contributed by atoms with E-state index < -0.39 is 98.8 Å². The topological polar surface area (TPSA) is 298 Å². The predicted molar refractivity (Wildman–Crippen MR) is 224 cm³/mol. The van der Waals surface area contributed by atoms with Gasteiger partial charge in [-0.2, -0.15) is 0 Å². The smallest absolute Gasteiger partial charge is 0.394 e. The van der Waals surface area contributed by atoms with Crippen LogP contribution in [0.2, 0.25) is 0 Å². The number of carbonyl (C=O) groups is 5. The molecular weight excluding hydrogens is 819 g/mol. The molecule has 0 saturated carbocycles. The molecule has 0 aromatic rings. The van der Waals surface area contributed by atoms with Crippen molar-refractivity contribution in [3.63, 3.8) is 0 Å². The average molecular weight is 895 g/mol. The van der Waals surface area contributed by atoms with E-state index in [1.165, 1.54) is 72.1 Å². The zero-order valence-electron chi connectivity index (χ0n) is 36.6. The molecule has 20 nitrogen and oxygen atoms in total. The molecule has 0 aliphatic carbocycles. The second-order valence-corrected chi connectivity index (χ2v) is 17.5. The lowest BCUT2D eigenvalue weighted by Crippen LogP contribution is -2.65. The first-order valence-corrected chi connectivity index (χ1v) is 23.6. The average Bonchev–Trinajstić information content (AvgIpc) is 3.76. The highest BCUT2D eigenvalue weighted by Gasteiger charge is 2.46. The molecule has 2 fully saturated rings. The molecule has 10 atom stereocenters. The van der Waals surface area contributed by atoms with Crippen LogP contribution in [0.3, 0.4) is 0 Å². The second kappa shape index (κ2) is 29.6. The van der Waals surface area contributed by atoms with E-state index in [9.17, 15) is 48.8 Å². The fourth-order valence-electron chi connectivity index (χ4n) is 7.36. The second-order valence-electron chi connectivity index (χ2n) is 16.1. The molecule has 2 saturated heterocycles. The number of carbonyl (C=O) groups excluding carboxylic acids is 5. The zero-order valence-corrected chi connectivity index (χ0v) is 37.5. The molecule has 2 aliphatic heterocycles. The van der Waals surface area contributed by atoms with Gasteiger partial charge < -0.3 is 61.6 Å². The first kappa shape index (κ1) is 54.4. The summed E-state index contributed by atoms with van der Waals surface area (Å²) in [5.74, 6) is -3.18. The van der Waals surface area contributed by atoms with Crippen molar-refractivity contribution < 1.29 is 67.3 Å². The van der Waals surface area contributed by atoms with Crippen molar-refractivity contribution in [2.45, 2.75) is 185 Å². The van der Waals surface area contributed by atoms with Crippen LogP contribution in [0.5, 0.6) is 0 Å². The Balaban J connectivity index is 1.98. The van der Waals surface area contributed by atoms with Gasteiger partial charge in [-0.3, -0.25) is 33.0 Å². The van der Waals surface area contributed by atoms with Crippen LogP contribution >= 0.6 is 7.82 Å². The quantitative estimate of drug-likeness (QED) is 0.0336. The Morgan fingerprint density at radius 1 is 0.951 bits per heavy atom. The molecular formula is C40H75N6O14P. The van der Waals surface area contributed by atoms with Crippen molar-refractivity contribution in [1.82, 2.24) is 26.2 Å². The van der Waals surface area contributed by atoms with Gasteiger partial charge in [-0.15, -0.1) is 0 Å². The van der Waals surface area contributed by atoms with E-state index in [4.69, 9.17) is 24.3 Å². The molecule has 10 N–H and O–H groups in total. The number of hydrogen-bond donors (Lipinski definition) is 9. The Bertz CT molecular complexity index is 1380. The highest BCUT2D eigenvalue weighted by Crippen LogP contribution is 2.43. The first-order chi connectivity index (χ1) is 29.0. The summed E-state index contributed by atoms with van der Waals surface area (Å²) in [4.78, 5) is 75.5. The third-order valence-corrected chi connectivity index (χ3v) is 11.9. The van der Waals surface area contributed by atoms with Crippen LogP contribution < -0.4 is 27.0 Å². The Hall–Kier alpha value is -2.78. The molecule has 2 unspecified atom stereocenters. The Kier molecular flexibility index (Phi) is 26.3. The van der Waals surface area contributed by atoms with E-state index in [0.29, 0.717) is 19.4 Å². The van der Waals surface area contributed by atoms with Gasteiger partial charge in [-0.05, 0) is 46.1 Å². The van der Waals surface area contributed by atoms with Crippen molar-refractivity contribution >= 4 is 37.4 Å². The number of unbranched alkanes of at least 4 members (excludes halogenated alkanes) is 11. The molecule has 5 amide bonds. The van der Waals surface area contributed by atoms with E-state index >= 15 is 0 Å². The van der Waals surface area contributed by atoms with Crippen molar-refractivity contribution in [2.75, 3.05) is 39.5 Å². The van der Waals surface area contributed by atoms with Gasteiger partial charge in [-0.1, -0.05) is 77.6 Å². The van der Waals surface area contributed by atoms with Crippen LogP contribution in [0.15, 0.2) is 0 Å². The maximum atomic E-state index is 13.8. The van der Waals surface area contributed by atoms with Crippen LogP contribution in [0.25, 0.3) is 0 Å². The molecule has 61 heavy (non-hydrogen) atoms. The van der Waals surface area contributed by atoms with Crippen molar-refractivity contribution in [3.8, 4) is 0 Å². The lowest BCUT2D eigenvalue weighted by atomic mass is 9.96. The Morgan fingerprint density at radius 2 is 1.56 bits per heavy atom. The van der Waals surface area contributed by atoms with Crippen LogP contribution in [0, 0.1) is 0 Å². The molecule has 2 aliphatic rings. The van der Waals surface area contributed by atoms with E-state index in [2.05, 4.69) is 28.2 Å². The van der Waals surface area contributed by atoms with Crippen molar-refractivity contribution in [2.24, 2.45) is 5.73 Å². The summed E-state index contributed by atoms with van der Waals surface area (Å²) in [6, 6.07) is -4.17. The highest BCUT2D eigenvalue weighted by atomic mass is 31.2. The largest absolute Gasteiger partial charge is 0.472 e. The van der Waals surface area contributed by atoms with Gasteiger partial charge in [0.2, 0.25) is 29.5 Å². The number of phosphoric acid groups is 1. The summed E-state index contributed by atoms with van der Waals surface area (Å²) in [5.41, 5.74) is 5.57. The van der Waals surface area contributed by atoms with Crippen molar-refractivity contribution in [1.29, 1.82) is 0 Å². The molecule has 21 heteroatoms. The zero-order chi connectivity index (χ0) is 45.4. The number of primary amides is 1. The number of aliphatic hydroxyl groups excluding tert-OH is 3. The van der Waals surface area contributed by atoms with Crippen LogP contribution in [0.4, 0.5) is 0 Å². The number of nitrogens with two attached hydrogens (primary N) is 1. The van der Waals surface area contributed by atoms with Gasteiger partial charge in [-0.25, -0.2) is 4.57 Å². The van der Waals surface area contributed by atoms with Gasteiger partial charge >= 0.3 is 7.82 Å². The minimum Gasteiger partial charge on any atom is -0.394 e. The fourth-order valence-corrected chi connectivity index (χ4v) is 8.12. The number of nitrogens with one attached hydrogen (secondary N) is 4. The molecule has 354 valence electrons. The summed E-state index contributed by atoms with van der Waals surface area (Å²) < 4.78 is 33.9. The lowest BCUT2D eigenvalue weighted by Gasteiger charge is -2.44. The highest BCUT2D eigenvalue weighted by molar-refractivity contribution is 7.47. The van der Waals surface area contributed by atoms with E-state index in [1.54, 1.807) is 0 Å². The van der Waals surface area contributed by atoms with Gasteiger partial charge in [0.05, 0.1) is 32.0 Å². The Morgan fingerprint density at radius 3 is 2.11 bits per heavy atom. The summed E-state index contributed by atoms with van der Waals surface area (Å²) in [7, 11) is -4.40. The molecule has 2 rings (SSSR count). The standard InChI is InChI=1S/C40H75N6O14P/c1-5-6-7-8-9-10-11-12-13-14-15-16-23-57-61(55,56)58-24-22-43-38(52)28(3)46(33(49)20-19-30(37(41)51)45-39(53)31-18-17-21-42-31)25-27(2)59-36-34(44-29(4)48)40(54)60-32(26-47)35(36)50/h27-28,30-32,34-36,40,42,47,50,54H,5-26H2,1-4H3,(H2,41,51)(H,43,52)(H,44,48)(H,45,53)(H,55,56)/t27?,28-,30+,31-,32+,34+,35+,36+,40-/m0/s1. The summed E-state index contributed by atoms with van der Waals surface area (Å²) in [6.45, 7) is 5.44. The number of aliphatic hydroxyl groups is 3. The number of hydrogen-bond acceptors (Lipinski definition) is 14. The van der Waals surface area contributed by atoms with E-state index in [1.807, 2.05) is 0 Å². The maximum absolute atomic E-state index is 13.8. The van der Waals surface area contributed by atoms with Crippen LogP contribution in [-0.4, -0.2) is 149 Å². The first-order valence-electron chi connectivity index (χ1n) is 22.1. The minimum absolute atomic E-state index is 0.0414. The van der Waals surface area contributed by atoms with E-state index in [-0.39, 0.29) is 39.1 Å². The lowest BCUT2D eigenvalue weighted by molar-refractivity contribution is -0.268.